The van der Waals surface area contributed by atoms with Crippen molar-refractivity contribution in [2.75, 3.05) is 37.6 Å². The van der Waals surface area contributed by atoms with Gasteiger partial charge in [-0.15, -0.1) is 0 Å². The molecule has 21 heavy (non-hydrogen) atoms. The highest BCUT2D eigenvalue weighted by Gasteiger charge is 2.23. The number of aliphatic hydroxyl groups excluding tert-OH is 1. The SMILES string of the molecule is OCc1ccc(N2CCC(CN3CCCC3)CC2)cc1Br. The van der Waals surface area contributed by atoms with E-state index in [1.54, 1.807) is 0 Å². The third kappa shape index (κ3) is 3.79. The second-order valence-corrected chi connectivity index (χ2v) is 7.23. The molecule has 1 N–H and O–H groups in total. The van der Waals surface area contributed by atoms with Crippen LogP contribution in [0, 0.1) is 5.92 Å². The molecule has 3 rings (SSSR count). The van der Waals surface area contributed by atoms with Gasteiger partial charge in [-0.05, 0) is 62.4 Å². The lowest BCUT2D eigenvalue weighted by atomic mass is 9.96. The van der Waals surface area contributed by atoms with Gasteiger partial charge in [-0.25, -0.2) is 0 Å². The van der Waals surface area contributed by atoms with Gasteiger partial charge in [0.05, 0.1) is 6.61 Å². The maximum absolute atomic E-state index is 9.24. The largest absolute Gasteiger partial charge is 0.392 e. The molecule has 0 radical (unpaired) electrons. The van der Waals surface area contributed by atoms with Crippen LogP contribution in [0.3, 0.4) is 0 Å². The van der Waals surface area contributed by atoms with Crippen LogP contribution < -0.4 is 4.90 Å². The van der Waals surface area contributed by atoms with Crippen LogP contribution in [0.2, 0.25) is 0 Å². The van der Waals surface area contributed by atoms with Gasteiger partial charge in [0.2, 0.25) is 0 Å². The van der Waals surface area contributed by atoms with Crippen molar-refractivity contribution in [1.82, 2.24) is 4.90 Å². The molecule has 1 aromatic carbocycles. The summed E-state index contributed by atoms with van der Waals surface area (Å²) >= 11 is 3.55. The van der Waals surface area contributed by atoms with E-state index >= 15 is 0 Å². The molecular weight excluding hydrogens is 328 g/mol. The van der Waals surface area contributed by atoms with Gasteiger partial charge in [0, 0.05) is 29.8 Å². The summed E-state index contributed by atoms with van der Waals surface area (Å²) in [7, 11) is 0. The molecular formula is C17H25BrN2O. The van der Waals surface area contributed by atoms with Crippen molar-refractivity contribution >= 4 is 21.6 Å². The fourth-order valence-corrected chi connectivity index (χ4v) is 4.06. The first kappa shape index (κ1) is 15.3. The van der Waals surface area contributed by atoms with Crippen LogP contribution in [0.4, 0.5) is 5.69 Å². The number of hydrogen-bond acceptors (Lipinski definition) is 3. The van der Waals surface area contributed by atoms with Crippen molar-refractivity contribution in [2.45, 2.75) is 32.3 Å². The fourth-order valence-electron chi connectivity index (χ4n) is 3.57. The van der Waals surface area contributed by atoms with Crippen molar-refractivity contribution in [3.05, 3.63) is 28.2 Å². The molecule has 0 unspecified atom stereocenters. The number of benzene rings is 1. The van der Waals surface area contributed by atoms with E-state index in [-0.39, 0.29) is 6.61 Å². The first-order valence-corrected chi connectivity index (χ1v) is 8.92. The summed E-state index contributed by atoms with van der Waals surface area (Å²) in [6, 6.07) is 6.30. The van der Waals surface area contributed by atoms with Crippen molar-refractivity contribution in [2.24, 2.45) is 5.92 Å². The topological polar surface area (TPSA) is 26.7 Å². The Kier molecular flexibility index (Phi) is 5.19. The lowest BCUT2D eigenvalue weighted by molar-refractivity contribution is 0.249. The standard InChI is InChI=1S/C17H25BrN2O/c18-17-11-16(4-3-15(17)13-21)20-9-5-14(6-10-20)12-19-7-1-2-8-19/h3-4,11,14,21H,1-2,5-10,12-13H2. The van der Waals surface area contributed by atoms with Gasteiger partial charge in [0.15, 0.2) is 0 Å². The van der Waals surface area contributed by atoms with E-state index in [0.29, 0.717) is 0 Å². The Labute approximate surface area is 136 Å². The van der Waals surface area contributed by atoms with Crippen molar-refractivity contribution < 1.29 is 5.11 Å². The zero-order valence-electron chi connectivity index (χ0n) is 12.6. The minimum Gasteiger partial charge on any atom is -0.392 e. The van der Waals surface area contributed by atoms with E-state index in [9.17, 15) is 5.11 Å². The highest BCUT2D eigenvalue weighted by molar-refractivity contribution is 9.10. The molecule has 0 aromatic heterocycles. The minimum atomic E-state index is 0.0960. The van der Waals surface area contributed by atoms with Crippen LogP contribution in [-0.4, -0.2) is 42.7 Å². The minimum absolute atomic E-state index is 0.0960. The number of anilines is 1. The molecule has 0 amide bonds. The van der Waals surface area contributed by atoms with Gasteiger partial charge in [0.25, 0.3) is 0 Å². The van der Waals surface area contributed by atoms with Gasteiger partial charge in [-0.2, -0.15) is 0 Å². The Morgan fingerprint density at radius 3 is 2.43 bits per heavy atom. The lowest BCUT2D eigenvalue weighted by Crippen LogP contribution is -2.38. The van der Waals surface area contributed by atoms with Gasteiger partial charge in [-0.3, -0.25) is 0 Å². The highest BCUT2D eigenvalue weighted by Crippen LogP contribution is 2.28. The number of hydrogen-bond donors (Lipinski definition) is 1. The third-order valence-electron chi connectivity index (χ3n) is 4.90. The normalized spacial score (nSPS) is 21.1. The van der Waals surface area contributed by atoms with Crippen LogP contribution in [0.1, 0.15) is 31.2 Å². The molecule has 0 spiro atoms. The van der Waals surface area contributed by atoms with Gasteiger partial charge >= 0.3 is 0 Å². The molecule has 2 aliphatic heterocycles. The molecule has 4 heteroatoms. The van der Waals surface area contributed by atoms with Gasteiger partial charge in [-0.1, -0.05) is 22.0 Å². The molecule has 2 fully saturated rings. The Hall–Kier alpha value is -0.580. The number of piperidine rings is 1. The van der Waals surface area contributed by atoms with E-state index in [1.165, 1.54) is 51.0 Å². The Morgan fingerprint density at radius 2 is 1.81 bits per heavy atom. The van der Waals surface area contributed by atoms with E-state index < -0.39 is 0 Å². The van der Waals surface area contributed by atoms with Crippen LogP contribution in [0.15, 0.2) is 22.7 Å². The summed E-state index contributed by atoms with van der Waals surface area (Å²) in [6.45, 7) is 6.35. The molecule has 2 heterocycles. The number of nitrogens with zero attached hydrogens (tertiary/aromatic N) is 2. The molecule has 116 valence electrons. The maximum Gasteiger partial charge on any atom is 0.0692 e. The molecule has 3 nitrogen and oxygen atoms in total. The number of aliphatic hydroxyl groups is 1. The number of halogens is 1. The van der Waals surface area contributed by atoms with Crippen molar-refractivity contribution in [3.63, 3.8) is 0 Å². The predicted octanol–water partition coefficient (Wildman–Crippen LogP) is 3.25. The first-order valence-electron chi connectivity index (χ1n) is 8.13. The Balaban J connectivity index is 1.54. The van der Waals surface area contributed by atoms with E-state index in [4.69, 9.17) is 0 Å². The molecule has 2 aliphatic rings. The van der Waals surface area contributed by atoms with Crippen LogP contribution in [0.25, 0.3) is 0 Å². The van der Waals surface area contributed by atoms with Crippen LogP contribution in [-0.2, 0) is 6.61 Å². The van der Waals surface area contributed by atoms with Gasteiger partial charge < -0.3 is 14.9 Å². The summed E-state index contributed by atoms with van der Waals surface area (Å²) in [4.78, 5) is 5.12. The summed E-state index contributed by atoms with van der Waals surface area (Å²) in [5.74, 6) is 0.875. The molecule has 0 atom stereocenters. The molecule has 0 bridgehead atoms. The van der Waals surface area contributed by atoms with E-state index in [0.717, 1.165) is 29.0 Å². The molecule has 0 saturated carbocycles. The monoisotopic (exact) mass is 352 g/mol. The summed E-state index contributed by atoms with van der Waals surface area (Å²) in [5, 5.41) is 9.24. The molecule has 2 saturated heterocycles. The number of rotatable bonds is 4. The van der Waals surface area contributed by atoms with Crippen molar-refractivity contribution in [3.8, 4) is 0 Å². The van der Waals surface area contributed by atoms with E-state index in [2.05, 4.69) is 37.9 Å². The second kappa shape index (κ2) is 7.12. The zero-order chi connectivity index (χ0) is 14.7. The van der Waals surface area contributed by atoms with Crippen LogP contribution in [0.5, 0.6) is 0 Å². The van der Waals surface area contributed by atoms with Crippen LogP contribution >= 0.6 is 15.9 Å². The Bertz CT molecular complexity index is 466. The summed E-state index contributed by atoms with van der Waals surface area (Å²) in [5.41, 5.74) is 2.24. The third-order valence-corrected chi connectivity index (χ3v) is 5.64. The smallest absolute Gasteiger partial charge is 0.0692 e. The summed E-state index contributed by atoms with van der Waals surface area (Å²) in [6.07, 6.45) is 5.39. The fraction of sp³-hybridized carbons (Fsp3) is 0.647. The average molecular weight is 353 g/mol. The number of likely N-dealkylation sites (tertiary alicyclic amines) is 1. The average Bonchev–Trinajstić information content (AvgIpc) is 3.01. The van der Waals surface area contributed by atoms with Crippen molar-refractivity contribution in [1.29, 1.82) is 0 Å². The molecule has 1 aromatic rings. The zero-order valence-corrected chi connectivity index (χ0v) is 14.2. The lowest BCUT2D eigenvalue weighted by Gasteiger charge is -2.35. The first-order chi connectivity index (χ1) is 10.3. The predicted molar refractivity (Wildman–Crippen MR) is 90.7 cm³/mol. The Morgan fingerprint density at radius 1 is 1.10 bits per heavy atom. The molecule has 0 aliphatic carbocycles. The summed E-state index contributed by atoms with van der Waals surface area (Å²) < 4.78 is 1.02. The maximum atomic E-state index is 9.24. The highest BCUT2D eigenvalue weighted by atomic mass is 79.9. The second-order valence-electron chi connectivity index (χ2n) is 6.37. The van der Waals surface area contributed by atoms with Gasteiger partial charge in [0.1, 0.15) is 0 Å². The quantitative estimate of drug-likeness (QED) is 0.900. The van der Waals surface area contributed by atoms with E-state index in [1.807, 2.05) is 6.07 Å².